The van der Waals surface area contributed by atoms with E-state index in [1.807, 2.05) is 59.5 Å². The summed E-state index contributed by atoms with van der Waals surface area (Å²) in [4.78, 5) is 44.4. The molecule has 1 aromatic carbocycles. The van der Waals surface area contributed by atoms with Gasteiger partial charge in [-0.25, -0.2) is 0 Å². The van der Waals surface area contributed by atoms with Crippen molar-refractivity contribution in [3.63, 3.8) is 0 Å². The Morgan fingerprint density at radius 2 is 1.88 bits per heavy atom. The Morgan fingerprint density at radius 3 is 2.68 bits per heavy atom. The van der Waals surface area contributed by atoms with Gasteiger partial charge in [0.05, 0.1) is 16.6 Å². The number of ether oxygens (including phenoxy) is 1. The average Bonchev–Trinajstić information content (AvgIpc) is 3.14. The summed E-state index contributed by atoms with van der Waals surface area (Å²) in [5.74, 6) is -1.80. The number of hydrogen-bond donors (Lipinski definition) is 1. The zero-order valence-electron chi connectivity index (χ0n) is 19.0. The van der Waals surface area contributed by atoms with Gasteiger partial charge in [-0.1, -0.05) is 54.6 Å². The van der Waals surface area contributed by atoms with Crippen molar-refractivity contribution in [3.05, 3.63) is 60.2 Å². The van der Waals surface area contributed by atoms with Gasteiger partial charge in [0, 0.05) is 31.5 Å². The molecule has 7 nitrogen and oxygen atoms in total. The first kappa shape index (κ1) is 23.2. The maximum Gasteiger partial charge on any atom is 0.311 e. The van der Waals surface area contributed by atoms with E-state index in [2.05, 4.69) is 0 Å². The van der Waals surface area contributed by atoms with Crippen LogP contribution in [0.5, 0.6) is 0 Å². The van der Waals surface area contributed by atoms with Crippen molar-refractivity contribution < 1.29 is 24.2 Å². The van der Waals surface area contributed by atoms with Crippen LogP contribution in [0, 0.1) is 11.8 Å². The Balaban J connectivity index is 1.51. The molecule has 0 aliphatic carbocycles. The number of unbranched alkanes of at least 4 members (excludes halogenated alkanes) is 2. The topological polar surface area (TPSA) is 87.2 Å². The van der Waals surface area contributed by atoms with Gasteiger partial charge in [0.15, 0.2) is 0 Å². The number of aliphatic hydroxyl groups is 1. The number of nitrogens with zero attached hydrogens (tertiary/aromatic N) is 2. The van der Waals surface area contributed by atoms with Crippen molar-refractivity contribution in [2.24, 2.45) is 11.8 Å². The molecule has 0 aromatic heterocycles. The van der Waals surface area contributed by atoms with Gasteiger partial charge in [0.25, 0.3) is 0 Å². The summed E-state index contributed by atoms with van der Waals surface area (Å²) in [5.41, 5.74) is 1.03. The zero-order chi connectivity index (χ0) is 23.7. The third-order valence-corrected chi connectivity index (χ3v) is 9.01. The third kappa shape index (κ3) is 3.86. The lowest BCUT2D eigenvalue weighted by molar-refractivity contribution is -0.151. The molecule has 4 heterocycles. The maximum atomic E-state index is 14.1. The van der Waals surface area contributed by atoms with Gasteiger partial charge in [0.2, 0.25) is 11.8 Å². The molecule has 2 amide bonds. The molecule has 34 heavy (non-hydrogen) atoms. The van der Waals surface area contributed by atoms with Crippen LogP contribution in [0.25, 0.3) is 0 Å². The molecule has 5 rings (SSSR count). The number of carbonyl (C=O) groups is 3. The summed E-state index contributed by atoms with van der Waals surface area (Å²) in [6.07, 6.45) is 9.95. The van der Waals surface area contributed by atoms with Gasteiger partial charge in [-0.3, -0.25) is 14.4 Å². The summed E-state index contributed by atoms with van der Waals surface area (Å²) >= 11 is 1.57. The first-order chi connectivity index (χ1) is 16.6. The molecule has 2 fully saturated rings. The lowest BCUT2D eigenvalue weighted by atomic mass is 9.78. The van der Waals surface area contributed by atoms with Crippen LogP contribution in [0.4, 0.5) is 0 Å². The molecular weight excluding hydrogens is 452 g/mol. The molecule has 2 saturated heterocycles. The third-order valence-electron chi connectivity index (χ3n) is 7.27. The number of carbonyl (C=O) groups excluding carboxylic acids is 3. The van der Waals surface area contributed by atoms with Crippen molar-refractivity contribution >= 4 is 29.5 Å². The second-order valence-corrected chi connectivity index (χ2v) is 10.8. The van der Waals surface area contributed by atoms with Crippen LogP contribution in [-0.4, -0.2) is 75.0 Å². The van der Waals surface area contributed by atoms with Crippen LogP contribution in [0.15, 0.2) is 54.6 Å². The number of esters is 1. The highest BCUT2D eigenvalue weighted by Crippen LogP contribution is 2.60. The van der Waals surface area contributed by atoms with E-state index in [0.29, 0.717) is 32.5 Å². The Labute approximate surface area is 203 Å². The van der Waals surface area contributed by atoms with Gasteiger partial charge in [-0.05, 0) is 24.8 Å². The number of aliphatic hydroxyl groups excluding tert-OH is 1. The highest BCUT2D eigenvalue weighted by atomic mass is 32.2. The van der Waals surface area contributed by atoms with Crippen molar-refractivity contribution in [1.29, 1.82) is 0 Å². The molecule has 0 saturated carbocycles. The molecule has 1 aromatic rings. The van der Waals surface area contributed by atoms with Gasteiger partial charge < -0.3 is 19.6 Å². The normalized spacial score (nSPS) is 32.2. The zero-order valence-corrected chi connectivity index (χ0v) is 19.9. The predicted molar refractivity (Wildman–Crippen MR) is 129 cm³/mol. The summed E-state index contributed by atoms with van der Waals surface area (Å²) in [6.45, 7) is 1.68. The first-order valence-electron chi connectivity index (χ1n) is 12.0. The van der Waals surface area contributed by atoms with Crippen LogP contribution >= 0.6 is 11.8 Å². The van der Waals surface area contributed by atoms with E-state index in [-0.39, 0.29) is 36.2 Å². The van der Waals surface area contributed by atoms with Crippen molar-refractivity contribution in [2.45, 2.75) is 41.8 Å². The molecule has 1 spiro atoms. The number of rotatable bonds is 7. The van der Waals surface area contributed by atoms with E-state index in [0.717, 1.165) is 12.0 Å². The smallest absolute Gasteiger partial charge is 0.311 e. The van der Waals surface area contributed by atoms with E-state index in [9.17, 15) is 14.4 Å². The Morgan fingerprint density at radius 1 is 1.06 bits per heavy atom. The Bertz CT molecular complexity index is 1010. The Hall–Kier alpha value is -2.58. The summed E-state index contributed by atoms with van der Waals surface area (Å²) in [5, 5.41) is 8.96. The number of hydrogen-bond acceptors (Lipinski definition) is 6. The van der Waals surface area contributed by atoms with Crippen molar-refractivity contribution in [2.75, 3.05) is 26.3 Å². The number of likely N-dealkylation sites (tertiary alicyclic amines) is 1. The quantitative estimate of drug-likeness (QED) is 0.364. The SMILES string of the molecule is O=C1OCC=C[C@@H]2S[C@]34C=CCN(Cc5ccccc5)C(=O)C3N(CCCCCO)C(=O)[C@@H]4[C@H]12. The standard InChI is InChI=1S/C26H30N2O5S/c29-15-6-2-5-14-28-22-24(31)27(17-18-9-3-1-4-10-18)13-8-12-26(22)21(23(28)30)20-19(34-26)11-7-16-33-25(20)32/h1,3-4,7-12,19-22,29H,2,5-6,13-17H2/t19-,20+,21-,22?,26-/m0/s1. The lowest BCUT2D eigenvalue weighted by Crippen LogP contribution is -2.53. The lowest BCUT2D eigenvalue weighted by Gasteiger charge is -2.35. The van der Waals surface area contributed by atoms with Crippen LogP contribution in [0.3, 0.4) is 0 Å². The number of benzene rings is 1. The molecule has 0 bridgehead atoms. The minimum Gasteiger partial charge on any atom is -0.461 e. The molecule has 0 radical (unpaired) electrons. The molecular formula is C26H30N2O5S. The van der Waals surface area contributed by atoms with E-state index < -0.39 is 22.6 Å². The molecule has 4 aliphatic heterocycles. The minimum absolute atomic E-state index is 0.0758. The molecule has 180 valence electrons. The molecule has 1 unspecified atom stereocenters. The van der Waals surface area contributed by atoms with Gasteiger partial charge in [-0.15, -0.1) is 11.8 Å². The van der Waals surface area contributed by atoms with Crippen LogP contribution in [-0.2, 0) is 25.7 Å². The fraction of sp³-hybridized carbons (Fsp3) is 0.500. The van der Waals surface area contributed by atoms with Gasteiger partial charge >= 0.3 is 5.97 Å². The van der Waals surface area contributed by atoms with Crippen LogP contribution in [0.2, 0.25) is 0 Å². The predicted octanol–water partition coefficient (Wildman–Crippen LogP) is 2.16. The second kappa shape index (κ2) is 9.58. The highest BCUT2D eigenvalue weighted by Gasteiger charge is 2.70. The van der Waals surface area contributed by atoms with E-state index in [1.165, 1.54) is 0 Å². The fourth-order valence-corrected chi connectivity index (χ4v) is 7.77. The van der Waals surface area contributed by atoms with Crippen molar-refractivity contribution in [1.82, 2.24) is 9.80 Å². The van der Waals surface area contributed by atoms with E-state index in [1.54, 1.807) is 16.7 Å². The maximum absolute atomic E-state index is 14.1. The van der Waals surface area contributed by atoms with E-state index in [4.69, 9.17) is 9.84 Å². The largest absolute Gasteiger partial charge is 0.461 e. The number of cyclic esters (lactones) is 1. The number of amides is 2. The molecule has 1 N–H and O–H groups in total. The second-order valence-electron chi connectivity index (χ2n) is 9.32. The number of thioether (sulfide) groups is 1. The van der Waals surface area contributed by atoms with Gasteiger partial charge in [-0.2, -0.15) is 0 Å². The van der Waals surface area contributed by atoms with Crippen LogP contribution in [0.1, 0.15) is 24.8 Å². The van der Waals surface area contributed by atoms with Crippen molar-refractivity contribution in [3.8, 4) is 0 Å². The fourth-order valence-electron chi connectivity index (χ4n) is 5.77. The number of fused-ring (bicyclic) bond motifs is 2. The Kier molecular flexibility index (Phi) is 6.53. The summed E-state index contributed by atoms with van der Waals surface area (Å²) in [7, 11) is 0. The monoisotopic (exact) mass is 482 g/mol. The average molecular weight is 483 g/mol. The molecule has 4 aliphatic rings. The minimum atomic E-state index is -0.799. The molecule has 5 atom stereocenters. The van der Waals surface area contributed by atoms with E-state index >= 15 is 0 Å². The summed E-state index contributed by atoms with van der Waals surface area (Å²) in [6, 6.07) is 9.18. The van der Waals surface area contributed by atoms with Gasteiger partial charge in [0.1, 0.15) is 12.6 Å². The molecule has 8 heteroatoms. The van der Waals surface area contributed by atoms with Crippen LogP contribution < -0.4 is 0 Å². The summed E-state index contributed by atoms with van der Waals surface area (Å²) < 4.78 is 4.60. The first-order valence-corrected chi connectivity index (χ1v) is 12.9. The highest BCUT2D eigenvalue weighted by molar-refractivity contribution is 8.02.